The van der Waals surface area contributed by atoms with Gasteiger partial charge in [0.15, 0.2) is 11.5 Å². The molecule has 0 spiro atoms. The van der Waals surface area contributed by atoms with Gasteiger partial charge in [-0.2, -0.15) is 0 Å². The van der Waals surface area contributed by atoms with E-state index in [4.69, 9.17) is 9.47 Å². The number of rotatable bonds is 5. The van der Waals surface area contributed by atoms with E-state index in [1.54, 1.807) is 23.5 Å². The maximum Gasteiger partial charge on any atom is 0.200 e. The third-order valence-corrected chi connectivity index (χ3v) is 4.60. The first-order valence-corrected chi connectivity index (χ1v) is 8.64. The summed E-state index contributed by atoms with van der Waals surface area (Å²) in [6.45, 7) is 2.07. The smallest absolute Gasteiger partial charge is 0.200 e. The van der Waals surface area contributed by atoms with Crippen molar-refractivity contribution >= 4 is 23.5 Å². The molecule has 4 nitrogen and oxygen atoms in total. The van der Waals surface area contributed by atoms with Crippen LogP contribution in [0.25, 0.3) is 23.4 Å². The molecule has 0 aliphatic carbocycles. The van der Waals surface area contributed by atoms with Crippen molar-refractivity contribution in [3.63, 3.8) is 0 Å². The van der Waals surface area contributed by atoms with Crippen LogP contribution in [0.2, 0.25) is 0 Å². The van der Waals surface area contributed by atoms with Crippen molar-refractivity contribution in [3.8, 4) is 28.5 Å². The van der Waals surface area contributed by atoms with Crippen molar-refractivity contribution < 1.29 is 14.6 Å². The van der Waals surface area contributed by atoms with Crippen LogP contribution in [0.15, 0.2) is 41.8 Å². The highest BCUT2D eigenvalue weighted by atomic mass is 32.1. The Balaban J connectivity index is 1.84. The van der Waals surface area contributed by atoms with E-state index < -0.39 is 0 Å². The Labute approximate surface area is 151 Å². The van der Waals surface area contributed by atoms with Crippen LogP contribution in [0.4, 0.5) is 0 Å². The number of nitrogens with zero attached hydrogens (tertiary/aromatic N) is 1. The largest absolute Gasteiger partial charge is 0.502 e. The molecular formula is C20H19NO3S. The molecule has 3 aromatic rings. The van der Waals surface area contributed by atoms with E-state index in [0.29, 0.717) is 11.5 Å². The van der Waals surface area contributed by atoms with Crippen molar-refractivity contribution in [2.75, 3.05) is 14.2 Å². The van der Waals surface area contributed by atoms with Gasteiger partial charge in [0.05, 0.1) is 19.9 Å². The first-order chi connectivity index (χ1) is 12.1. The number of aryl methyl sites for hydroxylation is 1. The SMILES string of the molecule is COc1cc(/C=C/c2nc(-c3ccc(C)cc3)cs2)cc(OC)c1O. The molecule has 0 bridgehead atoms. The summed E-state index contributed by atoms with van der Waals surface area (Å²) in [4.78, 5) is 4.65. The number of phenols is 1. The number of hydrogen-bond donors (Lipinski definition) is 1. The molecule has 0 saturated heterocycles. The van der Waals surface area contributed by atoms with Gasteiger partial charge < -0.3 is 14.6 Å². The maximum atomic E-state index is 9.96. The molecule has 0 atom stereocenters. The summed E-state index contributed by atoms with van der Waals surface area (Å²) in [5.74, 6) is 0.745. The lowest BCUT2D eigenvalue weighted by Gasteiger charge is -2.09. The molecule has 128 valence electrons. The van der Waals surface area contributed by atoms with Crippen LogP contribution in [-0.2, 0) is 0 Å². The molecular weight excluding hydrogens is 334 g/mol. The minimum absolute atomic E-state index is 0.00180. The molecule has 0 unspecified atom stereocenters. The number of phenolic OH excluding ortho intramolecular Hbond substituents is 1. The molecule has 0 aliphatic heterocycles. The fraction of sp³-hybridized carbons (Fsp3) is 0.150. The monoisotopic (exact) mass is 353 g/mol. The van der Waals surface area contributed by atoms with Crippen molar-refractivity contribution in [2.45, 2.75) is 6.92 Å². The average Bonchev–Trinajstić information content (AvgIpc) is 3.10. The first kappa shape index (κ1) is 17.0. The Morgan fingerprint density at radius 1 is 1.00 bits per heavy atom. The van der Waals surface area contributed by atoms with Gasteiger partial charge in [0.2, 0.25) is 5.75 Å². The van der Waals surface area contributed by atoms with E-state index in [0.717, 1.165) is 21.8 Å². The summed E-state index contributed by atoms with van der Waals surface area (Å²) in [6, 6.07) is 11.8. The van der Waals surface area contributed by atoms with Crippen molar-refractivity contribution in [1.82, 2.24) is 4.98 Å². The number of thiazole rings is 1. The number of hydrogen-bond acceptors (Lipinski definition) is 5. The van der Waals surface area contributed by atoms with Crippen LogP contribution < -0.4 is 9.47 Å². The van der Waals surface area contributed by atoms with E-state index in [1.807, 2.05) is 17.5 Å². The Morgan fingerprint density at radius 3 is 2.24 bits per heavy atom. The topological polar surface area (TPSA) is 51.6 Å². The van der Waals surface area contributed by atoms with Crippen molar-refractivity contribution in [2.24, 2.45) is 0 Å². The normalized spacial score (nSPS) is 11.0. The molecule has 5 heteroatoms. The third kappa shape index (κ3) is 3.83. The number of aromatic hydroxyl groups is 1. The van der Waals surface area contributed by atoms with E-state index in [1.165, 1.54) is 19.8 Å². The van der Waals surface area contributed by atoms with Gasteiger partial charge in [0.1, 0.15) is 5.01 Å². The zero-order valence-electron chi connectivity index (χ0n) is 14.3. The van der Waals surface area contributed by atoms with Gasteiger partial charge in [-0.1, -0.05) is 35.9 Å². The van der Waals surface area contributed by atoms with Gasteiger partial charge >= 0.3 is 0 Å². The summed E-state index contributed by atoms with van der Waals surface area (Å²) >= 11 is 1.58. The minimum atomic E-state index is -0.00180. The van der Waals surface area contributed by atoms with Crippen molar-refractivity contribution in [3.05, 3.63) is 57.9 Å². The van der Waals surface area contributed by atoms with E-state index >= 15 is 0 Å². The quantitative estimate of drug-likeness (QED) is 0.700. The van der Waals surface area contributed by atoms with E-state index in [-0.39, 0.29) is 5.75 Å². The highest BCUT2D eigenvalue weighted by molar-refractivity contribution is 7.10. The van der Waals surface area contributed by atoms with Crippen LogP contribution >= 0.6 is 11.3 Å². The Bertz CT molecular complexity index is 873. The predicted molar refractivity (Wildman–Crippen MR) is 102 cm³/mol. The molecule has 3 rings (SSSR count). The van der Waals surface area contributed by atoms with Crippen molar-refractivity contribution in [1.29, 1.82) is 0 Å². The molecule has 0 amide bonds. The second-order valence-electron chi connectivity index (χ2n) is 5.54. The van der Waals surface area contributed by atoms with Gasteiger partial charge in [0, 0.05) is 10.9 Å². The number of methoxy groups -OCH3 is 2. The number of ether oxygens (including phenoxy) is 2. The summed E-state index contributed by atoms with van der Waals surface area (Å²) < 4.78 is 10.3. The molecule has 0 aliphatic rings. The highest BCUT2D eigenvalue weighted by Crippen LogP contribution is 2.37. The van der Waals surface area contributed by atoms with Crippen LogP contribution in [0.3, 0.4) is 0 Å². The molecule has 0 radical (unpaired) electrons. The summed E-state index contributed by atoms with van der Waals surface area (Å²) in [7, 11) is 3.02. The summed E-state index contributed by atoms with van der Waals surface area (Å²) in [6.07, 6.45) is 3.86. The third-order valence-electron chi connectivity index (χ3n) is 3.79. The number of aromatic nitrogens is 1. The average molecular weight is 353 g/mol. The van der Waals surface area contributed by atoms with Crippen LogP contribution in [0, 0.1) is 6.92 Å². The fourth-order valence-corrected chi connectivity index (χ4v) is 3.12. The Kier molecular flexibility index (Phi) is 5.05. The highest BCUT2D eigenvalue weighted by Gasteiger charge is 2.10. The van der Waals surface area contributed by atoms with E-state index in [9.17, 15) is 5.11 Å². The zero-order chi connectivity index (χ0) is 17.8. The van der Waals surface area contributed by atoms with Gasteiger partial charge in [-0.25, -0.2) is 4.98 Å². The molecule has 1 N–H and O–H groups in total. The Morgan fingerprint density at radius 2 is 1.64 bits per heavy atom. The van der Waals surface area contributed by atoms with Gasteiger partial charge in [-0.05, 0) is 30.7 Å². The standard InChI is InChI=1S/C20H19NO3S/c1-13-4-7-15(8-5-13)16-12-25-19(21-16)9-6-14-10-17(23-2)20(22)18(11-14)24-3/h4-12,22H,1-3H3/b9-6+. The Hall–Kier alpha value is -2.79. The van der Waals surface area contributed by atoms with Gasteiger partial charge in [-0.3, -0.25) is 0 Å². The van der Waals surface area contributed by atoms with Gasteiger partial charge in [0.25, 0.3) is 0 Å². The molecule has 0 saturated carbocycles. The second kappa shape index (κ2) is 7.40. The van der Waals surface area contributed by atoms with Crippen LogP contribution in [-0.4, -0.2) is 24.3 Å². The molecule has 1 aromatic heterocycles. The van der Waals surface area contributed by atoms with Gasteiger partial charge in [-0.15, -0.1) is 11.3 Å². The minimum Gasteiger partial charge on any atom is -0.502 e. The molecule has 1 heterocycles. The number of benzene rings is 2. The summed E-state index contributed by atoms with van der Waals surface area (Å²) in [5.41, 5.74) is 4.16. The molecule has 0 fully saturated rings. The van der Waals surface area contributed by atoms with Crippen LogP contribution in [0.5, 0.6) is 17.2 Å². The first-order valence-electron chi connectivity index (χ1n) is 7.76. The van der Waals surface area contributed by atoms with E-state index in [2.05, 4.69) is 36.2 Å². The second-order valence-corrected chi connectivity index (χ2v) is 6.43. The fourth-order valence-electron chi connectivity index (χ4n) is 2.40. The zero-order valence-corrected chi connectivity index (χ0v) is 15.1. The lowest BCUT2D eigenvalue weighted by atomic mass is 10.1. The molecule has 25 heavy (non-hydrogen) atoms. The molecule has 2 aromatic carbocycles. The maximum absolute atomic E-state index is 9.96. The van der Waals surface area contributed by atoms with Crippen LogP contribution in [0.1, 0.15) is 16.1 Å². The predicted octanol–water partition coefficient (Wildman–Crippen LogP) is 5.01. The lowest BCUT2D eigenvalue weighted by Crippen LogP contribution is -1.90. The summed E-state index contributed by atoms with van der Waals surface area (Å²) in [5, 5.41) is 12.9. The lowest BCUT2D eigenvalue weighted by molar-refractivity contribution is 0.340.